The third-order valence-electron chi connectivity index (χ3n) is 5.96. The molecule has 2 N–H and O–H groups in total. The fraction of sp³-hybridized carbons (Fsp3) is 0.917. The molecule has 0 radical (unpaired) electrons. The van der Waals surface area contributed by atoms with Gasteiger partial charge in [-0.15, -0.1) is 0 Å². The number of allylic oxidation sites excluding steroid dienone is 2. The molecule has 0 saturated heterocycles. The van der Waals surface area contributed by atoms with Gasteiger partial charge in [-0.05, 0) is 45.4 Å². The predicted molar refractivity (Wildman–Crippen MR) is 119 cm³/mol. The summed E-state index contributed by atoms with van der Waals surface area (Å²) in [5.41, 5.74) is 0. The Bertz CT molecular complexity index is 312. The zero-order valence-corrected chi connectivity index (χ0v) is 18.6. The third kappa shape index (κ3) is 16.3. The minimum absolute atomic E-state index is 0.222. The second-order valence-electron chi connectivity index (χ2n) is 8.21. The third-order valence-corrected chi connectivity index (χ3v) is 5.96. The summed E-state index contributed by atoms with van der Waals surface area (Å²) in [6.45, 7) is 8.55. The second-order valence-corrected chi connectivity index (χ2v) is 8.21. The van der Waals surface area contributed by atoms with Gasteiger partial charge < -0.3 is 14.7 Å². The van der Waals surface area contributed by atoms with Crippen molar-refractivity contribution in [2.45, 2.75) is 104 Å². The standard InChI is InChI=1S/C24H50NO2/c1-3-5-6-7-8-9-10-11-12-13-14-15-16-17-18-19-20-25(4-2,21-23-26)22-24-27/h11-12,26-27H,3-10,13-24H2,1-2H3/q+1/b12-11+. The van der Waals surface area contributed by atoms with Crippen LogP contribution in [0.25, 0.3) is 0 Å². The first-order valence-electron chi connectivity index (χ1n) is 12.0. The number of quaternary nitrogens is 1. The van der Waals surface area contributed by atoms with Crippen LogP contribution in [0.1, 0.15) is 104 Å². The van der Waals surface area contributed by atoms with Gasteiger partial charge in [0.05, 0.1) is 26.3 Å². The van der Waals surface area contributed by atoms with Crippen molar-refractivity contribution in [1.82, 2.24) is 0 Å². The van der Waals surface area contributed by atoms with E-state index in [0.717, 1.165) is 30.7 Å². The number of nitrogens with zero attached hydrogens (tertiary/aromatic N) is 1. The molecule has 3 nitrogen and oxygen atoms in total. The molecule has 0 aliphatic rings. The number of unbranched alkanes of at least 4 members (excludes halogenated alkanes) is 12. The summed E-state index contributed by atoms with van der Waals surface area (Å²) >= 11 is 0. The van der Waals surface area contributed by atoms with E-state index in [1.807, 2.05) is 0 Å². The minimum atomic E-state index is 0.222. The Morgan fingerprint density at radius 3 is 1.44 bits per heavy atom. The van der Waals surface area contributed by atoms with Gasteiger partial charge in [0.2, 0.25) is 0 Å². The number of hydrogen-bond donors (Lipinski definition) is 2. The van der Waals surface area contributed by atoms with Crippen molar-refractivity contribution in [3.63, 3.8) is 0 Å². The van der Waals surface area contributed by atoms with Gasteiger partial charge in [0.25, 0.3) is 0 Å². The van der Waals surface area contributed by atoms with Crippen LogP contribution >= 0.6 is 0 Å². The molecule has 162 valence electrons. The van der Waals surface area contributed by atoms with Crippen LogP contribution in [0.5, 0.6) is 0 Å². The predicted octanol–water partition coefficient (Wildman–Crippen LogP) is 5.85. The summed E-state index contributed by atoms with van der Waals surface area (Å²) in [5, 5.41) is 18.6. The highest BCUT2D eigenvalue weighted by atomic mass is 16.3. The van der Waals surface area contributed by atoms with Crippen LogP contribution < -0.4 is 0 Å². The zero-order valence-electron chi connectivity index (χ0n) is 18.6. The van der Waals surface area contributed by atoms with Crippen LogP contribution in [-0.2, 0) is 0 Å². The fourth-order valence-corrected chi connectivity index (χ4v) is 3.93. The van der Waals surface area contributed by atoms with Crippen molar-refractivity contribution < 1.29 is 14.7 Å². The number of hydrogen-bond acceptors (Lipinski definition) is 2. The highest BCUT2D eigenvalue weighted by molar-refractivity contribution is 4.81. The van der Waals surface area contributed by atoms with Gasteiger partial charge in [-0.25, -0.2) is 0 Å². The normalized spacial score (nSPS) is 12.3. The van der Waals surface area contributed by atoms with E-state index in [-0.39, 0.29) is 13.2 Å². The van der Waals surface area contributed by atoms with Crippen molar-refractivity contribution in [3.05, 3.63) is 12.2 Å². The van der Waals surface area contributed by atoms with E-state index in [4.69, 9.17) is 0 Å². The van der Waals surface area contributed by atoms with Gasteiger partial charge >= 0.3 is 0 Å². The molecule has 0 unspecified atom stereocenters. The molecule has 0 aromatic heterocycles. The lowest BCUT2D eigenvalue weighted by atomic mass is 10.1. The summed E-state index contributed by atoms with van der Waals surface area (Å²) in [6, 6.07) is 0. The van der Waals surface area contributed by atoms with Crippen molar-refractivity contribution in [2.75, 3.05) is 39.4 Å². The smallest absolute Gasteiger partial charge is 0.102 e. The van der Waals surface area contributed by atoms with Crippen LogP contribution in [-0.4, -0.2) is 54.1 Å². The SMILES string of the molecule is CCCCCCCC/C=C/CCCCCCCC[N+](CC)(CCO)CCO. The summed E-state index contributed by atoms with van der Waals surface area (Å²) in [7, 11) is 0. The monoisotopic (exact) mass is 384 g/mol. The zero-order chi connectivity index (χ0) is 20.1. The second kappa shape index (κ2) is 20.4. The molecule has 0 heterocycles. The highest BCUT2D eigenvalue weighted by Gasteiger charge is 2.23. The summed E-state index contributed by atoms with van der Waals surface area (Å²) in [4.78, 5) is 0. The molecule has 0 bridgehead atoms. The molecule has 0 fully saturated rings. The number of rotatable bonds is 21. The summed E-state index contributed by atoms with van der Waals surface area (Å²) in [6.07, 6.45) is 23.5. The molecule has 0 aliphatic carbocycles. The highest BCUT2D eigenvalue weighted by Crippen LogP contribution is 2.13. The maximum absolute atomic E-state index is 9.29. The maximum atomic E-state index is 9.29. The Morgan fingerprint density at radius 2 is 1.00 bits per heavy atom. The van der Waals surface area contributed by atoms with E-state index in [1.54, 1.807) is 0 Å². The van der Waals surface area contributed by atoms with Crippen LogP contribution in [0.4, 0.5) is 0 Å². The molecular formula is C24H50NO2+. The molecule has 0 aromatic carbocycles. The summed E-state index contributed by atoms with van der Waals surface area (Å²) < 4.78 is 0.871. The average Bonchev–Trinajstić information content (AvgIpc) is 2.68. The molecular weight excluding hydrogens is 334 g/mol. The van der Waals surface area contributed by atoms with Crippen LogP contribution in [0, 0.1) is 0 Å². The van der Waals surface area contributed by atoms with E-state index in [1.165, 1.54) is 89.9 Å². The fourth-order valence-electron chi connectivity index (χ4n) is 3.93. The van der Waals surface area contributed by atoms with E-state index in [0.29, 0.717) is 0 Å². The first-order valence-corrected chi connectivity index (χ1v) is 12.0. The average molecular weight is 385 g/mol. The van der Waals surface area contributed by atoms with Gasteiger partial charge in [-0.1, -0.05) is 70.4 Å². The molecule has 0 amide bonds. The molecule has 0 aliphatic heterocycles. The topological polar surface area (TPSA) is 40.5 Å². The Morgan fingerprint density at radius 1 is 0.556 bits per heavy atom. The lowest BCUT2D eigenvalue weighted by molar-refractivity contribution is -0.927. The molecule has 3 heteroatoms. The number of aliphatic hydroxyl groups excluding tert-OH is 2. The van der Waals surface area contributed by atoms with Gasteiger partial charge in [0, 0.05) is 0 Å². The van der Waals surface area contributed by atoms with Crippen molar-refractivity contribution in [2.24, 2.45) is 0 Å². The van der Waals surface area contributed by atoms with Gasteiger partial charge in [0.1, 0.15) is 13.1 Å². The quantitative estimate of drug-likeness (QED) is 0.148. The molecule has 0 spiro atoms. The largest absolute Gasteiger partial charge is 0.391 e. The lowest BCUT2D eigenvalue weighted by Gasteiger charge is -2.37. The molecule has 0 saturated carbocycles. The molecule has 0 aromatic rings. The molecule has 27 heavy (non-hydrogen) atoms. The number of likely N-dealkylation sites (N-methyl/N-ethyl adjacent to an activating group) is 1. The van der Waals surface area contributed by atoms with Gasteiger partial charge in [-0.3, -0.25) is 0 Å². The van der Waals surface area contributed by atoms with Crippen LogP contribution in [0.15, 0.2) is 12.2 Å². The van der Waals surface area contributed by atoms with Crippen molar-refractivity contribution in [3.8, 4) is 0 Å². The lowest BCUT2D eigenvalue weighted by Crippen LogP contribution is -2.52. The van der Waals surface area contributed by atoms with Crippen molar-refractivity contribution in [1.29, 1.82) is 0 Å². The summed E-state index contributed by atoms with van der Waals surface area (Å²) in [5.74, 6) is 0. The van der Waals surface area contributed by atoms with Gasteiger partial charge in [-0.2, -0.15) is 0 Å². The van der Waals surface area contributed by atoms with Crippen LogP contribution in [0.2, 0.25) is 0 Å². The Hall–Kier alpha value is -0.380. The molecule has 0 atom stereocenters. The van der Waals surface area contributed by atoms with Gasteiger partial charge in [0.15, 0.2) is 0 Å². The Kier molecular flexibility index (Phi) is 20.1. The molecule has 0 rings (SSSR count). The van der Waals surface area contributed by atoms with E-state index in [2.05, 4.69) is 26.0 Å². The van der Waals surface area contributed by atoms with E-state index >= 15 is 0 Å². The Balaban J connectivity index is 3.47. The first-order chi connectivity index (χ1) is 13.2. The van der Waals surface area contributed by atoms with Crippen molar-refractivity contribution >= 4 is 0 Å². The number of aliphatic hydroxyl groups is 2. The Labute approximate surface area is 170 Å². The first kappa shape index (κ1) is 26.6. The maximum Gasteiger partial charge on any atom is 0.102 e. The minimum Gasteiger partial charge on any atom is -0.391 e. The van der Waals surface area contributed by atoms with Crippen LogP contribution in [0.3, 0.4) is 0 Å². The van der Waals surface area contributed by atoms with E-state index in [9.17, 15) is 10.2 Å². The van der Waals surface area contributed by atoms with E-state index < -0.39 is 0 Å².